The van der Waals surface area contributed by atoms with E-state index in [2.05, 4.69) is 15.8 Å². The highest BCUT2D eigenvalue weighted by molar-refractivity contribution is 6.43. The van der Waals surface area contributed by atoms with Crippen molar-refractivity contribution in [1.29, 1.82) is 0 Å². The lowest BCUT2D eigenvalue weighted by Crippen LogP contribution is -2.32. The van der Waals surface area contributed by atoms with Crippen molar-refractivity contribution >= 4 is 46.9 Å². The topological polar surface area (TPSA) is 70.6 Å². The summed E-state index contributed by atoms with van der Waals surface area (Å²) in [7, 11) is 0. The average Bonchev–Trinajstić information content (AvgIpc) is 2.53. The van der Waals surface area contributed by atoms with E-state index in [9.17, 15) is 9.59 Å². The molecule has 0 atom stereocenters. The minimum Gasteiger partial charge on any atom is -0.318 e. The largest absolute Gasteiger partial charge is 0.329 e. The van der Waals surface area contributed by atoms with E-state index in [0.29, 0.717) is 21.3 Å². The van der Waals surface area contributed by atoms with Crippen molar-refractivity contribution in [3.63, 3.8) is 0 Å². The molecule has 0 radical (unpaired) electrons. The molecule has 2 aromatic carbocycles. The zero-order valence-electron chi connectivity index (χ0n) is 12.1. The van der Waals surface area contributed by atoms with Gasteiger partial charge in [0.05, 0.1) is 16.3 Å². The smallest absolute Gasteiger partial charge is 0.318 e. The zero-order valence-corrected chi connectivity index (χ0v) is 13.7. The van der Waals surface area contributed by atoms with Crippen LogP contribution in [-0.2, 0) is 9.59 Å². The number of hydrazone groups is 1. The van der Waals surface area contributed by atoms with Gasteiger partial charge in [0.1, 0.15) is 0 Å². The standard InChI is InChI=1S/C16H13Cl2N3O2/c1-10-5-7-12(8-6-10)20-15(22)16(23)21-19-9-11-3-2-4-13(17)14(11)18/h2-9H,1H3,(H,20,22)(H,21,23)/b19-9-. The Hall–Kier alpha value is -2.37. The fourth-order valence-corrected chi connectivity index (χ4v) is 2.01. The Morgan fingerprint density at radius 2 is 1.74 bits per heavy atom. The summed E-state index contributed by atoms with van der Waals surface area (Å²) in [6.07, 6.45) is 1.31. The monoisotopic (exact) mass is 349 g/mol. The molecule has 0 unspecified atom stereocenters. The number of anilines is 1. The summed E-state index contributed by atoms with van der Waals surface area (Å²) in [6, 6.07) is 12.1. The van der Waals surface area contributed by atoms with Gasteiger partial charge in [-0.2, -0.15) is 5.10 Å². The van der Waals surface area contributed by atoms with Gasteiger partial charge in [0.25, 0.3) is 0 Å². The second-order valence-electron chi connectivity index (χ2n) is 4.66. The van der Waals surface area contributed by atoms with E-state index in [1.807, 2.05) is 19.1 Å². The van der Waals surface area contributed by atoms with Gasteiger partial charge in [0, 0.05) is 11.3 Å². The molecule has 2 rings (SSSR count). The minimum atomic E-state index is -0.889. The second-order valence-corrected chi connectivity index (χ2v) is 5.45. The van der Waals surface area contributed by atoms with E-state index in [4.69, 9.17) is 23.2 Å². The minimum absolute atomic E-state index is 0.316. The molecule has 0 spiro atoms. The Morgan fingerprint density at radius 3 is 2.43 bits per heavy atom. The second kappa shape index (κ2) is 7.76. The molecule has 0 aliphatic carbocycles. The highest BCUT2D eigenvalue weighted by atomic mass is 35.5. The fraction of sp³-hybridized carbons (Fsp3) is 0.0625. The number of amides is 2. The van der Waals surface area contributed by atoms with Gasteiger partial charge in [0.2, 0.25) is 0 Å². The molecule has 0 saturated heterocycles. The van der Waals surface area contributed by atoms with E-state index in [0.717, 1.165) is 5.56 Å². The number of benzene rings is 2. The maximum Gasteiger partial charge on any atom is 0.329 e. The summed E-state index contributed by atoms with van der Waals surface area (Å²) in [5.41, 5.74) is 4.23. The maximum atomic E-state index is 11.7. The lowest BCUT2D eigenvalue weighted by molar-refractivity contribution is -0.136. The maximum absolute atomic E-state index is 11.7. The molecule has 0 bridgehead atoms. The molecule has 2 N–H and O–H groups in total. The van der Waals surface area contributed by atoms with E-state index < -0.39 is 11.8 Å². The van der Waals surface area contributed by atoms with Gasteiger partial charge < -0.3 is 5.32 Å². The number of nitrogens with zero attached hydrogens (tertiary/aromatic N) is 1. The van der Waals surface area contributed by atoms with Gasteiger partial charge in [-0.05, 0) is 25.1 Å². The van der Waals surface area contributed by atoms with E-state index >= 15 is 0 Å². The number of carbonyl (C=O) groups is 2. The van der Waals surface area contributed by atoms with E-state index in [1.165, 1.54) is 6.21 Å². The van der Waals surface area contributed by atoms with Crippen LogP contribution in [0.4, 0.5) is 5.69 Å². The van der Waals surface area contributed by atoms with Crippen molar-refractivity contribution < 1.29 is 9.59 Å². The SMILES string of the molecule is Cc1ccc(NC(=O)C(=O)N/N=C\c2cccc(Cl)c2Cl)cc1. The van der Waals surface area contributed by atoms with Gasteiger partial charge in [-0.3, -0.25) is 9.59 Å². The van der Waals surface area contributed by atoms with Crippen LogP contribution in [0.1, 0.15) is 11.1 Å². The Balaban J connectivity index is 1.93. The summed E-state index contributed by atoms with van der Waals surface area (Å²) < 4.78 is 0. The Bertz CT molecular complexity index is 758. The van der Waals surface area contributed by atoms with Crippen LogP contribution in [0.2, 0.25) is 10.0 Å². The molecule has 2 aromatic rings. The first-order valence-corrected chi connectivity index (χ1v) is 7.38. The van der Waals surface area contributed by atoms with Crippen LogP contribution in [0.25, 0.3) is 0 Å². The quantitative estimate of drug-likeness (QED) is 0.506. The van der Waals surface area contributed by atoms with Crippen molar-refractivity contribution in [1.82, 2.24) is 5.43 Å². The van der Waals surface area contributed by atoms with Crippen LogP contribution in [-0.4, -0.2) is 18.0 Å². The summed E-state index contributed by atoms with van der Waals surface area (Å²) in [5, 5.41) is 6.85. The van der Waals surface area contributed by atoms with Gasteiger partial charge in [-0.15, -0.1) is 0 Å². The lowest BCUT2D eigenvalue weighted by Gasteiger charge is -2.04. The number of nitrogens with one attached hydrogen (secondary N) is 2. The molecule has 118 valence electrons. The third kappa shape index (κ3) is 4.81. The Kier molecular flexibility index (Phi) is 5.73. The predicted octanol–water partition coefficient (Wildman–Crippen LogP) is 3.39. The van der Waals surface area contributed by atoms with Crippen molar-refractivity contribution in [2.75, 3.05) is 5.32 Å². The third-order valence-electron chi connectivity index (χ3n) is 2.87. The Morgan fingerprint density at radius 1 is 1.04 bits per heavy atom. The molecule has 7 heteroatoms. The van der Waals surface area contributed by atoms with Gasteiger partial charge in [0.15, 0.2) is 0 Å². The number of hydrogen-bond donors (Lipinski definition) is 2. The van der Waals surface area contributed by atoms with Crippen LogP contribution >= 0.6 is 23.2 Å². The molecular formula is C16H13Cl2N3O2. The van der Waals surface area contributed by atoms with Crippen LogP contribution in [0.5, 0.6) is 0 Å². The summed E-state index contributed by atoms with van der Waals surface area (Å²) in [6.45, 7) is 1.92. The summed E-state index contributed by atoms with van der Waals surface area (Å²) >= 11 is 11.8. The summed E-state index contributed by atoms with van der Waals surface area (Å²) in [5.74, 6) is -1.71. The van der Waals surface area contributed by atoms with Crippen LogP contribution in [0, 0.1) is 6.92 Å². The van der Waals surface area contributed by atoms with Crippen LogP contribution < -0.4 is 10.7 Å². The molecule has 0 heterocycles. The number of hydrogen-bond acceptors (Lipinski definition) is 3. The zero-order chi connectivity index (χ0) is 16.8. The number of aryl methyl sites for hydroxylation is 1. The van der Waals surface area contributed by atoms with Gasteiger partial charge in [-0.1, -0.05) is 53.0 Å². The number of carbonyl (C=O) groups excluding carboxylic acids is 2. The van der Waals surface area contributed by atoms with Crippen molar-refractivity contribution in [3.8, 4) is 0 Å². The Labute approximate surface area is 143 Å². The normalized spacial score (nSPS) is 10.6. The van der Waals surface area contributed by atoms with Crippen LogP contribution in [0.3, 0.4) is 0 Å². The highest BCUT2D eigenvalue weighted by Crippen LogP contribution is 2.24. The average molecular weight is 350 g/mol. The molecule has 0 aliphatic heterocycles. The van der Waals surface area contributed by atoms with E-state index in [-0.39, 0.29) is 0 Å². The highest BCUT2D eigenvalue weighted by Gasteiger charge is 2.12. The molecule has 0 aromatic heterocycles. The lowest BCUT2D eigenvalue weighted by atomic mass is 10.2. The van der Waals surface area contributed by atoms with Crippen molar-refractivity contribution in [2.24, 2.45) is 5.10 Å². The third-order valence-corrected chi connectivity index (χ3v) is 3.70. The first-order chi connectivity index (χ1) is 11.0. The van der Waals surface area contributed by atoms with Gasteiger partial charge in [-0.25, -0.2) is 5.43 Å². The molecule has 2 amide bonds. The fourth-order valence-electron chi connectivity index (χ4n) is 1.66. The molecule has 5 nitrogen and oxygen atoms in total. The summed E-state index contributed by atoms with van der Waals surface area (Å²) in [4.78, 5) is 23.4. The van der Waals surface area contributed by atoms with Gasteiger partial charge >= 0.3 is 11.8 Å². The molecule has 0 saturated carbocycles. The first-order valence-electron chi connectivity index (χ1n) is 6.62. The predicted molar refractivity (Wildman–Crippen MR) is 92.0 cm³/mol. The van der Waals surface area contributed by atoms with Crippen molar-refractivity contribution in [2.45, 2.75) is 6.92 Å². The molecule has 0 aliphatic rings. The molecule has 0 fully saturated rings. The molecule has 23 heavy (non-hydrogen) atoms. The number of rotatable bonds is 3. The first kappa shape index (κ1) is 17.0. The molecular weight excluding hydrogens is 337 g/mol. The van der Waals surface area contributed by atoms with Crippen molar-refractivity contribution in [3.05, 3.63) is 63.6 Å². The number of halogens is 2. The van der Waals surface area contributed by atoms with E-state index in [1.54, 1.807) is 30.3 Å². The van der Waals surface area contributed by atoms with Crippen LogP contribution in [0.15, 0.2) is 47.6 Å².